The van der Waals surface area contributed by atoms with E-state index in [1.165, 1.54) is 32.3 Å². The molecule has 1 heterocycles. The number of hydrogen-bond acceptors (Lipinski definition) is 6. The van der Waals surface area contributed by atoms with E-state index in [2.05, 4.69) is 22.3 Å². The fourth-order valence-electron chi connectivity index (χ4n) is 4.53. The van der Waals surface area contributed by atoms with E-state index in [1.54, 1.807) is 18.9 Å². The number of ether oxygens (including phenoxy) is 1. The molecule has 2 aromatic rings. The van der Waals surface area contributed by atoms with Gasteiger partial charge in [0.15, 0.2) is 0 Å². The molecule has 0 radical (unpaired) electrons. The van der Waals surface area contributed by atoms with E-state index < -0.39 is 39.4 Å². The lowest BCUT2D eigenvalue weighted by atomic mass is 10.0. The van der Waals surface area contributed by atoms with E-state index in [0.29, 0.717) is 18.9 Å². The number of hydrogen-bond donors (Lipinski definition) is 3. The van der Waals surface area contributed by atoms with Crippen molar-refractivity contribution in [3.8, 4) is 5.75 Å². The van der Waals surface area contributed by atoms with Gasteiger partial charge in [-0.25, -0.2) is 18.2 Å². The number of benzene rings is 2. The number of nitrogens with zero attached hydrogens (tertiary/aromatic N) is 2. The second kappa shape index (κ2) is 11.5. The largest absolute Gasteiger partial charge is 0.497 e. The van der Waals surface area contributed by atoms with Crippen LogP contribution >= 0.6 is 0 Å². The molecule has 0 spiro atoms. The van der Waals surface area contributed by atoms with Crippen LogP contribution in [-0.4, -0.2) is 73.0 Å². The van der Waals surface area contributed by atoms with Gasteiger partial charge in [0.05, 0.1) is 31.3 Å². The van der Waals surface area contributed by atoms with Gasteiger partial charge in [0.25, 0.3) is 0 Å². The van der Waals surface area contributed by atoms with Crippen LogP contribution in [0.2, 0.25) is 0 Å². The van der Waals surface area contributed by atoms with Crippen molar-refractivity contribution in [2.45, 2.75) is 63.6 Å². The molecule has 1 aliphatic carbocycles. The predicted octanol–water partition coefficient (Wildman–Crippen LogP) is 2.70. The molecule has 1 saturated carbocycles. The molecule has 1 saturated heterocycles. The summed E-state index contributed by atoms with van der Waals surface area (Å²) in [4.78, 5) is 29.8. The minimum absolute atomic E-state index is 0.102. The van der Waals surface area contributed by atoms with Gasteiger partial charge in [-0.3, -0.25) is 4.79 Å². The number of rotatable bonds is 12. The van der Waals surface area contributed by atoms with Crippen molar-refractivity contribution in [1.29, 1.82) is 0 Å². The Labute approximate surface area is 230 Å². The van der Waals surface area contributed by atoms with Crippen molar-refractivity contribution in [1.82, 2.24) is 20.1 Å². The summed E-state index contributed by atoms with van der Waals surface area (Å²) >= 11 is 0. The SMILES string of the molecule is COc1ccc(CCN2C(=O)N(NS(=O)(=O)CC(=O)NC(C)C(C)(C)O)CC2c2ccc(C3CC3)cc2)cc1. The summed E-state index contributed by atoms with van der Waals surface area (Å²) in [7, 11) is -2.58. The number of carbonyl (C=O) groups excluding carboxylic acids is 2. The average Bonchev–Trinajstić information content (AvgIpc) is 3.68. The Morgan fingerprint density at radius 2 is 1.72 bits per heavy atom. The lowest BCUT2D eigenvalue weighted by molar-refractivity contribution is -0.121. The maximum absolute atomic E-state index is 13.4. The van der Waals surface area contributed by atoms with Gasteiger partial charge in [-0.2, -0.15) is 0 Å². The van der Waals surface area contributed by atoms with Gasteiger partial charge in [0.1, 0.15) is 11.5 Å². The smallest absolute Gasteiger partial charge is 0.335 e. The van der Waals surface area contributed by atoms with E-state index >= 15 is 0 Å². The second-order valence-electron chi connectivity index (χ2n) is 10.9. The van der Waals surface area contributed by atoms with Crippen molar-refractivity contribution in [3.05, 3.63) is 65.2 Å². The molecule has 4 rings (SSSR count). The van der Waals surface area contributed by atoms with E-state index in [9.17, 15) is 23.1 Å². The number of methoxy groups -OCH3 is 1. The summed E-state index contributed by atoms with van der Waals surface area (Å²) in [5.41, 5.74) is 1.99. The molecule has 2 unspecified atom stereocenters. The first kappa shape index (κ1) is 28.8. The lowest BCUT2D eigenvalue weighted by Crippen LogP contribution is -2.51. The lowest BCUT2D eigenvalue weighted by Gasteiger charge is -2.26. The normalized spacial score (nSPS) is 18.8. The molecule has 3 amide bonds. The Hall–Kier alpha value is -3.15. The topological polar surface area (TPSA) is 128 Å². The molecule has 39 heavy (non-hydrogen) atoms. The Kier molecular flexibility index (Phi) is 8.53. The number of sulfonamides is 1. The van der Waals surface area contributed by atoms with Crippen LogP contribution in [-0.2, 0) is 21.2 Å². The monoisotopic (exact) mass is 558 g/mol. The molecule has 11 heteroatoms. The fraction of sp³-hybridized carbons (Fsp3) is 0.500. The van der Waals surface area contributed by atoms with Crippen LogP contribution in [0, 0.1) is 0 Å². The third-order valence-corrected chi connectivity index (χ3v) is 8.53. The van der Waals surface area contributed by atoms with Gasteiger partial charge in [-0.15, -0.1) is 4.83 Å². The molecule has 1 aliphatic heterocycles. The van der Waals surface area contributed by atoms with Gasteiger partial charge >= 0.3 is 6.03 Å². The number of carbonyl (C=O) groups is 2. The van der Waals surface area contributed by atoms with Crippen LogP contribution in [0.15, 0.2) is 48.5 Å². The van der Waals surface area contributed by atoms with E-state index in [4.69, 9.17) is 4.74 Å². The maximum Gasteiger partial charge on any atom is 0.335 e. The van der Waals surface area contributed by atoms with Crippen LogP contribution in [0.5, 0.6) is 5.75 Å². The highest BCUT2D eigenvalue weighted by Crippen LogP contribution is 2.40. The Bertz CT molecular complexity index is 1270. The van der Waals surface area contributed by atoms with E-state index in [1.807, 2.05) is 36.4 Å². The summed E-state index contributed by atoms with van der Waals surface area (Å²) in [6.45, 7) is 5.10. The van der Waals surface area contributed by atoms with Crippen molar-refractivity contribution in [2.24, 2.45) is 0 Å². The zero-order chi connectivity index (χ0) is 28.4. The van der Waals surface area contributed by atoms with Crippen LogP contribution in [0.25, 0.3) is 0 Å². The standard InChI is InChI=1S/C28H38N4O6S/c1-19(28(2,3)35)29-26(33)18-39(36,37)30-32-17-25(23-11-9-22(10-12-23)21-7-8-21)31(27(32)34)16-15-20-5-13-24(38-4)14-6-20/h5-6,9-14,19,21,25,30,35H,7-8,15-18H2,1-4H3,(H,29,33). The first-order valence-corrected chi connectivity index (χ1v) is 14.8. The molecule has 212 valence electrons. The molecule has 0 bridgehead atoms. The zero-order valence-electron chi connectivity index (χ0n) is 22.9. The van der Waals surface area contributed by atoms with Crippen LogP contribution in [0.4, 0.5) is 4.79 Å². The van der Waals surface area contributed by atoms with Crippen LogP contribution < -0.4 is 14.9 Å². The number of aliphatic hydroxyl groups is 1. The first-order chi connectivity index (χ1) is 18.4. The Morgan fingerprint density at radius 3 is 2.28 bits per heavy atom. The van der Waals surface area contributed by atoms with Gasteiger partial charge < -0.3 is 20.1 Å². The van der Waals surface area contributed by atoms with Gasteiger partial charge in [-0.1, -0.05) is 36.4 Å². The van der Waals surface area contributed by atoms with E-state index in [0.717, 1.165) is 21.9 Å². The average molecular weight is 559 g/mol. The first-order valence-electron chi connectivity index (χ1n) is 13.2. The summed E-state index contributed by atoms with van der Waals surface area (Å²) in [6.07, 6.45) is 2.95. The number of hydrazine groups is 1. The third kappa shape index (κ3) is 7.49. The molecule has 2 aromatic carbocycles. The highest BCUT2D eigenvalue weighted by molar-refractivity contribution is 7.90. The van der Waals surface area contributed by atoms with Crippen molar-refractivity contribution in [2.75, 3.05) is 26.0 Å². The van der Waals surface area contributed by atoms with E-state index in [-0.39, 0.29) is 12.6 Å². The highest BCUT2D eigenvalue weighted by Gasteiger charge is 2.40. The quantitative estimate of drug-likeness (QED) is 0.368. The van der Waals surface area contributed by atoms with Gasteiger partial charge in [0.2, 0.25) is 15.9 Å². The molecule has 2 fully saturated rings. The number of nitrogens with one attached hydrogen (secondary N) is 2. The highest BCUT2D eigenvalue weighted by atomic mass is 32.2. The predicted molar refractivity (Wildman–Crippen MR) is 147 cm³/mol. The molecule has 0 aromatic heterocycles. The fourth-order valence-corrected chi connectivity index (χ4v) is 5.51. The minimum Gasteiger partial charge on any atom is -0.497 e. The molecule has 2 aliphatic rings. The van der Waals surface area contributed by atoms with Crippen molar-refractivity contribution < 1.29 is 27.9 Å². The Balaban J connectivity index is 1.47. The summed E-state index contributed by atoms with van der Waals surface area (Å²) in [5.74, 6) is -0.299. The minimum atomic E-state index is -4.18. The van der Waals surface area contributed by atoms with Gasteiger partial charge in [-0.05, 0) is 74.8 Å². The number of amides is 3. The molecule has 3 N–H and O–H groups in total. The molecule has 10 nitrogen and oxygen atoms in total. The van der Waals surface area contributed by atoms with Crippen LogP contribution in [0.1, 0.15) is 62.3 Å². The maximum atomic E-state index is 13.4. The van der Waals surface area contributed by atoms with Crippen LogP contribution in [0.3, 0.4) is 0 Å². The third-order valence-electron chi connectivity index (χ3n) is 7.39. The number of urea groups is 1. The van der Waals surface area contributed by atoms with Crippen molar-refractivity contribution in [3.63, 3.8) is 0 Å². The summed E-state index contributed by atoms with van der Waals surface area (Å²) in [6, 6.07) is 14.3. The summed E-state index contributed by atoms with van der Waals surface area (Å²) < 4.78 is 30.9. The van der Waals surface area contributed by atoms with Crippen molar-refractivity contribution >= 4 is 22.0 Å². The molecular formula is C28H38N4O6S. The molecule has 2 atom stereocenters. The second-order valence-corrected chi connectivity index (χ2v) is 12.6. The van der Waals surface area contributed by atoms with Gasteiger partial charge in [0, 0.05) is 6.54 Å². The Morgan fingerprint density at radius 1 is 1.10 bits per heavy atom. The molecular weight excluding hydrogens is 520 g/mol. The summed E-state index contributed by atoms with van der Waals surface area (Å²) in [5, 5.41) is 13.6. The zero-order valence-corrected chi connectivity index (χ0v) is 23.7.